The van der Waals surface area contributed by atoms with Crippen molar-refractivity contribution >= 4 is 23.1 Å². The molecule has 3 rings (SSSR count). The Kier molecular flexibility index (Phi) is 5.24. The van der Waals surface area contributed by atoms with Gasteiger partial charge in [0.2, 0.25) is 0 Å². The van der Waals surface area contributed by atoms with Gasteiger partial charge < -0.3 is 9.64 Å². The average Bonchev–Trinajstić information content (AvgIpc) is 2.67. The third-order valence-electron chi connectivity index (χ3n) is 3.84. The number of thiocarbonyl (C=S) groups is 1. The van der Waals surface area contributed by atoms with Crippen molar-refractivity contribution in [3.05, 3.63) is 102 Å². The molecule has 0 aliphatic carbocycles. The molecule has 0 aliphatic rings. The molecule has 0 spiro atoms. The molecule has 3 aromatic carbocycles. The maximum absolute atomic E-state index is 6.20. The Labute approximate surface area is 148 Å². The fraction of sp³-hybridized carbons (Fsp3) is 0.0952. The van der Waals surface area contributed by atoms with Crippen molar-refractivity contribution in [2.45, 2.75) is 6.10 Å². The first-order valence-electron chi connectivity index (χ1n) is 7.85. The molecule has 2 nitrogen and oxygen atoms in total. The van der Waals surface area contributed by atoms with Crippen LogP contribution in [0.2, 0.25) is 0 Å². The Morgan fingerprint density at radius 3 is 1.62 bits per heavy atom. The lowest BCUT2D eigenvalue weighted by molar-refractivity contribution is 0.235. The molecule has 0 saturated heterocycles. The zero-order chi connectivity index (χ0) is 16.8. The van der Waals surface area contributed by atoms with Crippen LogP contribution >= 0.6 is 12.2 Å². The van der Waals surface area contributed by atoms with Crippen molar-refractivity contribution in [1.82, 2.24) is 0 Å². The van der Waals surface area contributed by atoms with E-state index in [-0.39, 0.29) is 6.10 Å². The summed E-state index contributed by atoms with van der Waals surface area (Å²) in [7, 11) is 1.92. The highest BCUT2D eigenvalue weighted by atomic mass is 32.1. The van der Waals surface area contributed by atoms with Gasteiger partial charge in [-0.3, -0.25) is 0 Å². The summed E-state index contributed by atoms with van der Waals surface area (Å²) in [5.74, 6) is 0. The smallest absolute Gasteiger partial charge is 0.264 e. The highest BCUT2D eigenvalue weighted by Crippen LogP contribution is 2.27. The quantitative estimate of drug-likeness (QED) is 0.608. The van der Waals surface area contributed by atoms with E-state index in [1.807, 2.05) is 78.7 Å². The van der Waals surface area contributed by atoms with Crippen LogP contribution in [0.5, 0.6) is 0 Å². The van der Waals surface area contributed by atoms with Crippen LogP contribution < -0.4 is 4.90 Å². The fourth-order valence-corrected chi connectivity index (χ4v) is 2.72. The molecule has 0 atom stereocenters. The normalized spacial score (nSPS) is 10.4. The fourth-order valence-electron chi connectivity index (χ4n) is 2.52. The van der Waals surface area contributed by atoms with E-state index in [0.717, 1.165) is 16.8 Å². The minimum atomic E-state index is -0.230. The van der Waals surface area contributed by atoms with Crippen LogP contribution in [-0.2, 0) is 4.74 Å². The van der Waals surface area contributed by atoms with E-state index in [1.54, 1.807) is 0 Å². The van der Waals surface area contributed by atoms with Crippen molar-refractivity contribution < 1.29 is 4.74 Å². The summed E-state index contributed by atoms with van der Waals surface area (Å²) in [6, 6.07) is 30.3. The highest BCUT2D eigenvalue weighted by molar-refractivity contribution is 7.80. The van der Waals surface area contributed by atoms with E-state index in [4.69, 9.17) is 17.0 Å². The molecule has 0 unspecified atom stereocenters. The predicted molar refractivity (Wildman–Crippen MR) is 103 cm³/mol. The van der Waals surface area contributed by atoms with Gasteiger partial charge in [-0.15, -0.1) is 0 Å². The summed E-state index contributed by atoms with van der Waals surface area (Å²) >= 11 is 5.54. The number of hydrogen-bond acceptors (Lipinski definition) is 2. The molecular weight excluding hydrogens is 314 g/mol. The number of anilines is 1. The average molecular weight is 333 g/mol. The molecular formula is C21H19NOS. The summed E-state index contributed by atoms with van der Waals surface area (Å²) in [4.78, 5) is 1.88. The second-order valence-electron chi connectivity index (χ2n) is 5.48. The molecule has 0 aromatic heterocycles. The third-order valence-corrected chi connectivity index (χ3v) is 4.21. The topological polar surface area (TPSA) is 12.5 Å². The molecule has 3 heteroatoms. The second kappa shape index (κ2) is 7.75. The van der Waals surface area contributed by atoms with Crippen LogP contribution in [0.4, 0.5) is 5.69 Å². The van der Waals surface area contributed by atoms with Crippen molar-refractivity contribution in [3.63, 3.8) is 0 Å². The van der Waals surface area contributed by atoms with Crippen LogP contribution in [0.1, 0.15) is 17.2 Å². The number of para-hydroxylation sites is 1. The van der Waals surface area contributed by atoms with Gasteiger partial charge in [-0.25, -0.2) is 0 Å². The Morgan fingerprint density at radius 2 is 1.17 bits per heavy atom. The summed E-state index contributed by atoms with van der Waals surface area (Å²) < 4.78 is 6.20. The lowest BCUT2D eigenvalue weighted by Gasteiger charge is -2.26. The molecule has 0 amide bonds. The number of nitrogens with zero attached hydrogens (tertiary/aromatic N) is 1. The molecule has 0 saturated carbocycles. The summed E-state index contributed by atoms with van der Waals surface area (Å²) in [5.41, 5.74) is 3.15. The van der Waals surface area contributed by atoms with E-state index < -0.39 is 0 Å². The second-order valence-corrected chi connectivity index (χ2v) is 5.83. The number of ether oxygens (including phenoxy) is 1. The highest BCUT2D eigenvalue weighted by Gasteiger charge is 2.19. The van der Waals surface area contributed by atoms with E-state index in [9.17, 15) is 0 Å². The van der Waals surface area contributed by atoms with Gasteiger partial charge in [0, 0.05) is 12.7 Å². The van der Waals surface area contributed by atoms with Gasteiger partial charge in [0.05, 0.1) is 0 Å². The van der Waals surface area contributed by atoms with E-state index in [1.165, 1.54) is 0 Å². The standard InChI is InChI=1S/C21H19NOS/c1-22(19-15-9-4-10-16-19)21(24)23-20(17-11-5-2-6-12-17)18-13-7-3-8-14-18/h2-16,20H,1H3. The van der Waals surface area contributed by atoms with E-state index in [2.05, 4.69) is 24.3 Å². The monoisotopic (exact) mass is 333 g/mol. The van der Waals surface area contributed by atoms with Crippen LogP contribution in [0.15, 0.2) is 91.0 Å². The third kappa shape index (κ3) is 3.81. The van der Waals surface area contributed by atoms with Crippen LogP contribution in [0.3, 0.4) is 0 Å². The zero-order valence-electron chi connectivity index (χ0n) is 13.5. The van der Waals surface area contributed by atoms with E-state index in [0.29, 0.717) is 5.17 Å². The summed E-state index contributed by atoms with van der Waals surface area (Å²) in [6.07, 6.45) is -0.230. The Morgan fingerprint density at radius 1 is 0.750 bits per heavy atom. The van der Waals surface area contributed by atoms with Gasteiger partial charge in [-0.1, -0.05) is 78.9 Å². The van der Waals surface area contributed by atoms with Crippen molar-refractivity contribution in [2.75, 3.05) is 11.9 Å². The van der Waals surface area contributed by atoms with Crippen LogP contribution in [0.25, 0.3) is 0 Å². The number of hydrogen-bond donors (Lipinski definition) is 0. The number of benzene rings is 3. The molecule has 120 valence electrons. The van der Waals surface area contributed by atoms with Crippen LogP contribution in [-0.4, -0.2) is 12.2 Å². The molecule has 0 heterocycles. The van der Waals surface area contributed by atoms with Crippen molar-refractivity contribution in [2.24, 2.45) is 0 Å². The summed E-state index contributed by atoms with van der Waals surface area (Å²) in [5, 5.41) is 0.443. The molecule has 0 fully saturated rings. The first-order chi connectivity index (χ1) is 11.8. The Bertz CT molecular complexity index is 735. The molecule has 24 heavy (non-hydrogen) atoms. The Hall–Kier alpha value is -2.65. The SMILES string of the molecule is CN(C(=S)OC(c1ccccc1)c1ccccc1)c1ccccc1. The first kappa shape index (κ1) is 16.2. The summed E-state index contributed by atoms with van der Waals surface area (Å²) in [6.45, 7) is 0. The largest absolute Gasteiger partial charge is 0.458 e. The van der Waals surface area contributed by atoms with Gasteiger partial charge in [0.15, 0.2) is 6.10 Å². The lowest BCUT2D eigenvalue weighted by atomic mass is 10.0. The maximum atomic E-state index is 6.20. The minimum absolute atomic E-state index is 0.230. The zero-order valence-corrected chi connectivity index (χ0v) is 14.3. The van der Waals surface area contributed by atoms with Gasteiger partial charge in [-0.05, 0) is 35.5 Å². The van der Waals surface area contributed by atoms with Crippen molar-refractivity contribution in [1.29, 1.82) is 0 Å². The van der Waals surface area contributed by atoms with Crippen LogP contribution in [0, 0.1) is 0 Å². The van der Waals surface area contributed by atoms with Gasteiger partial charge in [0.1, 0.15) is 0 Å². The molecule has 0 aliphatic heterocycles. The first-order valence-corrected chi connectivity index (χ1v) is 8.26. The molecule has 0 N–H and O–H groups in total. The van der Waals surface area contributed by atoms with E-state index >= 15 is 0 Å². The predicted octanol–water partition coefficient (Wildman–Crippen LogP) is 5.21. The molecule has 0 bridgehead atoms. The molecule has 0 radical (unpaired) electrons. The number of rotatable bonds is 4. The van der Waals surface area contributed by atoms with Gasteiger partial charge >= 0.3 is 0 Å². The Balaban J connectivity index is 1.86. The van der Waals surface area contributed by atoms with Gasteiger partial charge in [0.25, 0.3) is 5.17 Å². The maximum Gasteiger partial charge on any atom is 0.264 e. The van der Waals surface area contributed by atoms with Crippen molar-refractivity contribution in [3.8, 4) is 0 Å². The van der Waals surface area contributed by atoms with Gasteiger partial charge in [-0.2, -0.15) is 0 Å². The molecule has 3 aromatic rings. The lowest BCUT2D eigenvalue weighted by Crippen LogP contribution is -2.28. The minimum Gasteiger partial charge on any atom is -0.458 e.